The van der Waals surface area contributed by atoms with Crippen molar-refractivity contribution in [2.75, 3.05) is 25.1 Å². The molecule has 48 heavy (non-hydrogen) atoms. The molecule has 4 aromatic rings. The van der Waals surface area contributed by atoms with Gasteiger partial charge < -0.3 is 19.7 Å². The minimum absolute atomic E-state index is 0.0187. The third-order valence-corrected chi connectivity index (χ3v) is 10.1. The number of carbonyl (C=O) groups excluding carboxylic acids is 2. The van der Waals surface area contributed by atoms with E-state index in [4.69, 9.17) is 32.7 Å². The Morgan fingerprint density at radius 1 is 0.833 bits per heavy atom. The smallest absolute Gasteiger partial charge is 0.264 e. The number of sulfonamides is 1. The number of carbonyl (C=O) groups is 2. The molecular formula is C36H39Cl2N3O6S. The number of nitrogens with zero attached hydrogens (tertiary/aromatic N) is 2. The highest BCUT2D eigenvalue weighted by atomic mass is 35.5. The number of methoxy groups -OCH3 is 2. The zero-order valence-electron chi connectivity index (χ0n) is 27.4. The second-order valence-corrected chi connectivity index (χ2v) is 14.1. The van der Waals surface area contributed by atoms with Crippen molar-refractivity contribution in [2.45, 2.75) is 50.7 Å². The van der Waals surface area contributed by atoms with Crippen molar-refractivity contribution in [1.29, 1.82) is 0 Å². The molecule has 0 heterocycles. The fraction of sp³-hybridized carbons (Fsp3) is 0.278. The minimum Gasteiger partial charge on any atom is -0.493 e. The van der Waals surface area contributed by atoms with Crippen LogP contribution in [0.15, 0.2) is 95.9 Å². The fourth-order valence-electron chi connectivity index (χ4n) is 5.13. The molecular weight excluding hydrogens is 673 g/mol. The highest BCUT2D eigenvalue weighted by molar-refractivity contribution is 7.92. The van der Waals surface area contributed by atoms with Gasteiger partial charge in [0, 0.05) is 40.7 Å². The number of hydrogen-bond acceptors (Lipinski definition) is 6. The van der Waals surface area contributed by atoms with Crippen molar-refractivity contribution in [2.24, 2.45) is 0 Å². The number of nitrogens with one attached hydrogen (secondary N) is 1. The summed E-state index contributed by atoms with van der Waals surface area (Å²) >= 11 is 13.2. The average Bonchev–Trinajstić information content (AvgIpc) is 3.06. The second-order valence-electron chi connectivity index (χ2n) is 11.5. The zero-order valence-corrected chi connectivity index (χ0v) is 29.8. The van der Waals surface area contributed by atoms with Gasteiger partial charge in [-0.3, -0.25) is 13.9 Å². The summed E-state index contributed by atoms with van der Waals surface area (Å²) in [5, 5.41) is 3.52. The summed E-state index contributed by atoms with van der Waals surface area (Å²) in [5.74, 6) is -0.422. The number of halogens is 2. The van der Waals surface area contributed by atoms with E-state index in [2.05, 4.69) is 5.32 Å². The van der Waals surface area contributed by atoms with Gasteiger partial charge in [-0.15, -0.1) is 0 Å². The highest BCUT2D eigenvalue weighted by Crippen LogP contribution is 2.34. The molecule has 0 bridgehead atoms. The molecule has 0 aliphatic rings. The normalized spacial score (nSPS) is 11.9. The Morgan fingerprint density at radius 3 is 2.04 bits per heavy atom. The van der Waals surface area contributed by atoms with Crippen molar-refractivity contribution in [1.82, 2.24) is 10.2 Å². The van der Waals surface area contributed by atoms with E-state index < -0.39 is 34.4 Å². The van der Waals surface area contributed by atoms with Gasteiger partial charge in [0.25, 0.3) is 10.0 Å². The molecule has 9 nitrogen and oxygen atoms in total. The predicted octanol–water partition coefficient (Wildman–Crippen LogP) is 6.68. The van der Waals surface area contributed by atoms with Crippen molar-refractivity contribution < 1.29 is 27.5 Å². The molecule has 0 saturated carbocycles. The second kappa shape index (κ2) is 16.2. The summed E-state index contributed by atoms with van der Waals surface area (Å²) in [4.78, 5) is 29.9. The van der Waals surface area contributed by atoms with Gasteiger partial charge in [0.1, 0.15) is 12.6 Å². The standard InChI is InChI=1S/C36H39Cl2N3O6S/c1-24(2)39-36(43)32(20-26-10-7-6-8-11-26)40(22-29-30(37)12-9-13-31(29)38)35(42)23-41(27-16-19-33(46-4)34(21-27)47-5)48(44,45)28-17-14-25(3)15-18-28/h6-19,21,24,32H,20,22-23H2,1-5H3,(H,39,43)/t32-/m1/s1. The van der Waals surface area contributed by atoms with Crippen LogP contribution in [0.5, 0.6) is 11.5 Å². The van der Waals surface area contributed by atoms with Crippen molar-refractivity contribution >= 4 is 50.7 Å². The molecule has 1 N–H and O–H groups in total. The van der Waals surface area contributed by atoms with Crippen LogP contribution in [0, 0.1) is 6.92 Å². The summed E-state index contributed by atoms with van der Waals surface area (Å²) in [6, 6.07) is 23.9. The summed E-state index contributed by atoms with van der Waals surface area (Å²) < 4.78 is 40.5. The Balaban J connectivity index is 1.88. The van der Waals surface area contributed by atoms with Crippen LogP contribution in [0.1, 0.15) is 30.5 Å². The molecule has 0 aromatic heterocycles. The SMILES string of the molecule is COc1ccc(N(CC(=O)N(Cc2c(Cl)cccc2Cl)[C@H](Cc2ccccc2)C(=O)NC(C)C)S(=O)(=O)c2ccc(C)cc2)cc1OC. The van der Waals surface area contributed by atoms with E-state index in [0.29, 0.717) is 21.4 Å². The van der Waals surface area contributed by atoms with E-state index in [1.54, 1.807) is 36.4 Å². The molecule has 0 spiro atoms. The van der Waals surface area contributed by atoms with E-state index in [1.165, 1.54) is 43.4 Å². The molecule has 0 unspecified atom stereocenters. The molecule has 4 rings (SSSR count). The lowest BCUT2D eigenvalue weighted by Crippen LogP contribution is -2.54. The third-order valence-electron chi connectivity index (χ3n) is 7.64. The molecule has 2 amide bonds. The first-order chi connectivity index (χ1) is 22.8. The molecule has 0 aliphatic heterocycles. The first kappa shape index (κ1) is 36.6. The zero-order chi connectivity index (χ0) is 35.0. The van der Waals surface area contributed by atoms with Gasteiger partial charge in [-0.25, -0.2) is 8.42 Å². The van der Waals surface area contributed by atoms with Crippen LogP contribution in [-0.2, 0) is 32.6 Å². The lowest BCUT2D eigenvalue weighted by atomic mass is 10.0. The Labute approximate surface area is 292 Å². The van der Waals surface area contributed by atoms with Crippen LogP contribution in [-0.4, -0.2) is 58.0 Å². The van der Waals surface area contributed by atoms with Crippen LogP contribution < -0.4 is 19.1 Å². The maximum atomic E-state index is 14.7. The lowest BCUT2D eigenvalue weighted by molar-refractivity contribution is -0.140. The Hall–Kier alpha value is -4.25. The molecule has 0 aliphatic carbocycles. The highest BCUT2D eigenvalue weighted by Gasteiger charge is 2.35. The molecule has 12 heteroatoms. The van der Waals surface area contributed by atoms with Gasteiger partial charge in [0.05, 0.1) is 24.8 Å². The van der Waals surface area contributed by atoms with Crippen LogP contribution in [0.25, 0.3) is 0 Å². The number of benzene rings is 4. The third kappa shape index (κ3) is 8.80. The molecule has 0 saturated heterocycles. The Kier molecular flexibility index (Phi) is 12.4. The van der Waals surface area contributed by atoms with Crippen LogP contribution in [0.4, 0.5) is 5.69 Å². The number of anilines is 1. The summed E-state index contributed by atoms with van der Waals surface area (Å²) in [5.41, 5.74) is 2.24. The van der Waals surface area contributed by atoms with E-state index in [1.807, 2.05) is 51.1 Å². The van der Waals surface area contributed by atoms with Crippen molar-refractivity contribution in [3.63, 3.8) is 0 Å². The quantitative estimate of drug-likeness (QED) is 0.157. The van der Waals surface area contributed by atoms with E-state index >= 15 is 0 Å². The topological polar surface area (TPSA) is 105 Å². The van der Waals surface area contributed by atoms with E-state index in [9.17, 15) is 18.0 Å². The van der Waals surface area contributed by atoms with Gasteiger partial charge in [0.15, 0.2) is 11.5 Å². The summed E-state index contributed by atoms with van der Waals surface area (Å²) in [6.07, 6.45) is 0.147. The van der Waals surface area contributed by atoms with Gasteiger partial charge >= 0.3 is 0 Å². The Morgan fingerprint density at radius 2 is 1.46 bits per heavy atom. The van der Waals surface area contributed by atoms with Gasteiger partial charge in [-0.2, -0.15) is 0 Å². The summed E-state index contributed by atoms with van der Waals surface area (Å²) in [7, 11) is -1.42. The molecule has 254 valence electrons. The molecule has 0 radical (unpaired) electrons. The molecule has 1 atom stereocenters. The lowest BCUT2D eigenvalue weighted by Gasteiger charge is -2.34. The number of amides is 2. The minimum atomic E-state index is -4.32. The summed E-state index contributed by atoms with van der Waals surface area (Å²) in [6.45, 7) is 4.67. The van der Waals surface area contributed by atoms with Gasteiger partial charge in [0.2, 0.25) is 11.8 Å². The van der Waals surface area contributed by atoms with Crippen molar-refractivity contribution in [3.8, 4) is 11.5 Å². The van der Waals surface area contributed by atoms with Crippen LogP contribution in [0.2, 0.25) is 10.0 Å². The average molecular weight is 713 g/mol. The van der Waals surface area contributed by atoms with E-state index in [-0.39, 0.29) is 35.3 Å². The van der Waals surface area contributed by atoms with E-state index in [0.717, 1.165) is 15.4 Å². The first-order valence-corrected chi connectivity index (χ1v) is 17.4. The number of aryl methyl sites for hydroxylation is 1. The maximum Gasteiger partial charge on any atom is 0.264 e. The Bertz CT molecular complexity index is 1820. The number of ether oxygens (including phenoxy) is 2. The van der Waals surface area contributed by atoms with Crippen molar-refractivity contribution in [3.05, 3.63) is 118 Å². The van der Waals surface area contributed by atoms with Gasteiger partial charge in [-0.1, -0.05) is 77.3 Å². The maximum absolute atomic E-state index is 14.7. The fourth-order valence-corrected chi connectivity index (χ4v) is 7.06. The number of hydrogen-bond donors (Lipinski definition) is 1. The van der Waals surface area contributed by atoms with Crippen LogP contribution in [0.3, 0.4) is 0 Å². The monoisotopic (exact) mass is 711 g/mol. The predicted molar refractivity (Wildman–Crippen MR) is 189 cm³/mol. The number of rotatable bonds is 14. The first-order valence-electron chi connectivity index (χ1n) is 15.2. The van der Waals surface area contributed by atoms with Gasteiger partial charge in [-0.05, 0) is 62.7 Å². The molecule has 0 fully saturated rings. The van der Waals surface area contributed by atoms with Crippen LogP contribution >= 0.6 is 23.2 Å². The molecule has 4 aromatic carbocycles. The largest absolute Gasteiger partial charge is 0.493 e.